The maximum Gasteiger partial charge on any atom is 0.309 e. The van der Waals surface area contributed by atoms with Crippen LogP contribution in [0.4, 0.5) is 0 Å². The van der Waals surface area contributed by atoms with Gasteiger partial charge in [0.2, 0.25) is 0 Å². The summed E-state index contributed by atoms with van der Waals surface area (Å²) in [5.41, 5.74) is 2.17. The highest BCUT2D eigenvalue weighted by Gasteiger charge is 2.36. The second-order valence-electron chi connectivity index (χ2n) is 5.90. The number of rotatable bonds is 5. The number of methoxy groups -OCH3 is 1. The number of benzene rings is 2. The summed E-state index contributed by atoms with van der Waals surface area (Å²) in [6, 6.07) is 15.3. The van der Waals surface area contributed by atoms with Crippen molar-refractivity contribution >= 4 is 5.97 Å². The summed E-state index contributed by atoms with van der Waals surface area (Å²) < 4.78 is 10.4. The van der Waals surface area contributed by atoms with Crippen LogP contribution in [-0.2, 0) is 22.4 Å². The summed E-state index contributed by atoms with van der Waals surface area (Å²) in [4.78, 5) is 12.1. The van der Waals surface area contributed by atoms with Crippen molar-refractivity contribution in [1.29, 1.82) is 0 Å². The maximum atomic E-state index is 12.1. The number of phenols is 1. The van der Waals surface area contributed by atoms with Crippen molar-refractivity contribution in [2.45, 2.75) is 12.8 Å². The maximum absolute atomic E-state index is 12.1. The summed E-state index contributed by atoms with van der Waals surface area (Å²) in [6.45, 7) is 0.466. The van der Waals surface area contributed by atoms with Crippen LogP contribution in [0.3, 0.4) is 0 Å². The van der Waals surface area contributed by atoms with Crippen molar-refractivity contribution in [3.63, 3.8) is 0 Å². The lowest BCUT2D eigenvalue weighted by Gasteiger charge is -2.16. The van der Waals surface area contributed by atoms with Crippen LogP contribution in [-0.4, -0.2) is 24.8 Å². The number of phenolic OH excluding ortho intramolecular Hbond substituents is 1. The van der Waals surface area contributed by atoms with E-state index in [1.54, 1.807) is 12.1 Å². The zero-order valence-electron chi connectivity index (χ0n) is 13.1. The highest BCUT2D eigenvalue weighted by molar-refractivity contribution is 5.75. The summed E-state index contributed by atoms with van der Waals surface area (Å²) >= 11 is 0. The van der Waals surface area contributed by atoms with E-state index >= 15 is 0 Å². The molecular weight excluding hydrogens is 292 g/mol. The predicted octanol–water partition coefficient (Wildman–Crippen LogP) is 2.98. The van der Waals surface area contributed by atoms with Crippen LogP contribution in [0.2, 0.25) is 0 Å². The number of esters is 1. The van der Waals surface area contributed by atoms with Gasteiger partial charge in [0, 0.05) is 5.92 Å². The van der Waals surface area contributed by atoms with Gasteiger partial charge in [-0.3, -0.25) is 4.79 Å². The fourth-order valence-corrected chi connectivity index (χ4v) is 3.08. The van der Waals surface area contributed by atoms with Crippen molar-refractivity contribution in [3.05, 3.63) is 59.7 Å². The summed E-state index contributed by atoms with van der Waals surface area (Å²) in [5.74, 6) is 0.395. The fourth-order valence-electron chi connectivity index (χ4n) is 3.08. The molecule has 23 heavy (non-hydrogen) atoms. The molecule has 1 heterocycles. The molecule has 2 aromatic carbocycles. The third-order valence-electron chi connectivity index (χ3n) is 4.35. The van der Waals surface area contributed by atoms with E-state index in [0.717, 1.165) is 12.0 Å². The van der Waals surface area contributed by atoms with Gasteiger partial charge in [-0.2, -0.15) is 0 Å². The summed E-state index contributed by atoms with van der Waals surface area (Å²) in [5, 5.41) is 9.68. The van der Waals surface area contributed by atoms with Gasteiger partial charge in [0.1, 0.15) is 0 Å². The summed E-state index contributed by atoms with van der Waals surface area (Å²) in [6.07, 6.45) is 1.42. The van der Waals surface area contributed by atoms with Gasteiger partial charge in [-0.15, -0.1) is 0 Å². The molecule has 1 aliphatic rings. The average Bonchev–Trinajstić information content (AvgIpc) is 2.90. The number of cyclic esters (lactones) is 1. The van der Waals surface area contributed by atoms with Gasteiger partial charge in [-0.05, 0) is 36.1 Å². The number of carbonyl (C=O) groups excluding carboxylic acids is 1. The number of aromatic hydroxyl groups is 1. The average molecular weight is 312 g/mol. The zero-order chi connectivity index (χ0) is 16.2. The van der Waals surface area contributed by atoms with E-state index in [9.17, 15) is 9.90 Å². The monoisotopic (exact) mass is 312 g/mol. The molecule has 0 saturated carbocycles. The van der Waals surface area contributed by atoms with Gasteiger partial charge in [0.05, 0.1) is 19.6 Å². The molecule has 0 aromatic heterocycles. The molecule has 0 amide bonds. The van der Waals surface area contributed by atoms with E-state index < -0.39 is 0 Å². The molecule has 4 nitrogen and oxygen atoms in total. The topological polar surface area (TPSA) is 55.8 Å². The first kappa shape index (κ1) is 15.4. The molecular formula is C19H20O4. The van der Waals surface area contributed by atoms with E-state index in [0.29, 0.717) is 18.8 Å². The molecule has 3 rings (SSSR count). The van der Waals surface area contributed by atoms with Crippen molar-refractivity contribution in [2.24, 2.45) is 11.8 Å². The third-order valence-corrected chi connectivity index (χ3v) is 4.35. The van der Waals surface area contributed by atoms with Gasteiger partial charge < -0.3 is 14.6 Å². The second-order valence-corrected chi connectivity index (χ2v) is 5.90. The minimum atomic E-state index is -0.163. The molecule has 0 unspecified atom stereocenters. The van der Waals surface area contributed by atoms with Gasteiger partial charge in [0.25, 0.3) is 0 Å². The smallest absolute Gasteiger partial charge is 0.309 e. The Morgan fingerprint density at radius 2 is 1.91 bits per heavy atom. The highest BCUT2D eigenvalue weighted by atomic mass is 16.5. The van der Waals surface area contributed by atoms with Crippen LogP contribution in [0, 0.1) is 11.8 Å². The lowest BCUT2D eigenvalue weighted by atomic mass is 9.85. The normalized spacial score (nSPS) is 20.3. The molecule has 2 aromatic rings. The van der Waals surface area contributed by atoms with E-state index in [1.807, 2.05) is 24.3 Å². The van der Waals surface area contributed by atoms with Crippen molar-refractivity contribution in [1.82, 2.24) is 0 Å². The Morgan fingerprint density at radius 1 is 1.13 bits per heavy atom. The number of ether oxygens (including phenoxy) is 2. The van der Waals surface area contributed by atoms with Crippen molar-refractivity contribution in [3.8, 4) is 11.5 Å². The van der Waals surface area contributed by atoms with Gasteiger partial charge >= 0.3 is 5.97 Å². The Balaban J connectivity index is 1.75. The molecule has 0 radical (unpaired) electrons. The second kappa shape index (κ2) is 6.73. The van der Waals surface area contributed by atoms with Crippen LogP contribution in [0.1, 0.15) is 11.1 Å². The van der Waals surface area contributed by atoms with Crippen molar-refractivity contribution < 1.29 is 19.4 Å². The molecule has 1 fully saturated rings. The summed E-state index contributed by atoms with van der Waals surface area (Å²) in [7, 11) is 1.51. The van der Waals surface area contributed by atoms with E-state index in [4.69, 9.17) is 9.47 Å². The molecule has 1 aliphatic heterocycles. The predicted molar refractivity (Wildman–Crippen MR) is 86.4 cm³/mol. The van der Waals surface area contributed by atoms with Gasteiger partial charge in [0.15, 0.2) is 11.5 Å². The molecule has 1 saturated heterocycles. The van der Waals surface area contributed by atoms with Crippen LogP contribution in [0.15, 0.2) is 48.5 Å². The fraction of sp³-hybridized carbons (Fsp3) is 0.316. The first-order valence-electron chi connectivity index (χ1n) is 7.74. The van der Waals surface area contributed by atoms with Gasteiger partial charge in [-0.1, -0.05) is 36.4 Å². The quantitative estimate of drug-likeness (QED) is 0.862. The molecule has 1 N–H and O–H groups in total. The molecule has 0 aliphatic carbocycles. The minimum absolute atomic E-state index is 0.103. The molecule has 2 atom stereocenters. The highest BCUT2D eigenvalue weighted by Crippen LogP contribution is 2.32. The molecule has 0 bridgehead atoms. The Kier molecular flexibility index (Phi) is 4.51. The zero-order valence-corrected chi connectivity index (χ0v) is 13.1. The molecule has 0 spiro atoms. The molecule has 120 valence electrons. The lowest BCUT2D eigenvalue weighted by molar-refractivity contribution is -0.141. The largest absolute Gasteiger partial charge is 0.504 e. The van der Waals surface area contributed by atoms with E-state index in [-0.39, 0.29) is 23.6 Å². The van der Waals surface area contributed by atoms with Crippen LogP contribution >= 0.6 is 0 Å². The Hall–Kier alpha value is -2.49. The van der Waals surface area contributed by atoms with Crippen LogP contribution in [0.5, 0.6) is 11.5 Å². The number of carbonyl (C=O) groups is 1. The molecule has 4 heteroatoms. The standard InChI is InChI=1S/C19H20O4/c1-22-18-11-14(7-8-17(18)20)10-16-15(12-23-19(16)21)9-13-5-3-2-4-6-13/h2-8,11,15-16,20H,9-10,12H2,1H3/t15-,16+/m0/s1. The van der Waals surface area contributed by atoms with Gasteiger partial charge in [-0.25, -0.2) is 0 Å². The van der Waals surface area contributed by atoms with Crippen LogP contribution in [0.25, 0.3) is 0 Å². The third kappa shape index (κ3) is 3.47. The lowest BCUT2D eigenvalue weighted by Crippen LogP contribution is -2.20. The van der Waals surface area contributed by atoms with Crippen molar-refractivity contribution in [2.75, 3.05) is 13.7 Å². The number of hydrogen-bond acceptors (Lipinski definition) is 4. The Morgan fingerprint density at radius 3 is 2.65 bits per heavy atom. The first-order chi connectivity index (χ1) is 11.2. The number of hydrogen-bond donors (Lipinski definition) is 1. The first-order valence-corrected chi connectivity index (χ1v) is 7.74. The van der Waals surface area contributed by atoms with E-state index in [2.05, 4.69) is 12.1 Å². The Bertz CT molecular complexity index is 681. The Labute approximate surface area is 135 Å². The SMILES string of the molecule is COc1cc(C[C@H]2C(=O)OC[C@@H]2Cc2ccccc2)ccc1O. The minimum Gasteiger partial charge on any atom is -0.504 e. The van der Waals surface area contributed by atoms with Crippen LogP contribution < -0.4 is 4.74 Å². The van der Waals surface area contributed by atoms with E-state index in [1.165, 1.54) is 12.7 Å².